The molecule has 0 aromatic carbocycles. The topological polar surface area (TPSA) is 54.2 Å². The van der Waals surface area contributed by atoms with Crippen molar-refractivity contribution in [2.75, 3.05) is 5.43 Å². The Hall–Kier alpha value is -1.43. The number of anilines is 1. The van der Waals surface area contributed by atoms with Gasteiger partial charge >= 0.3 is 0 Å². The number of nitrogens with two attached hydrogens (primary N) is 1. The van der Waals surface area contributed by atoms with Crippen LogP contribution in [0.4, 0.5) is 5.69 Å². The maximum atomic E-state index is 5.43. The number of hydrazine groups is 1. The number of hydrogen-bond donors (Lipinski definition) is 2. The molecule has 0 fully saturated rings. The van der Waals surface area contributed by atoms with Crippen molar-refractivity contribution in [3.05, 3.63) is 46.4 Å². The highest BCUT2D eigenvalue weighted by Crippen LogP contribution is 2.17. The molecular weight excluding hydrogens is 256 g/mol. The molecule has 2 rings (SSSR count). The number of nitrogen functional groups attached to an aromatic ring is 1. The Morgan fingerprint density at radius 1 is 1.37 bits per heavy atom. The smallest absolute Gasteiger partial charge is 0.0565 e. The molecule has 0 aliphatic heterocycles. The van der Waals surface area contributed by atoms with E-state index in [4.69, 9.17) is 5.84 Å². The molecule has 0 radical (unpaired) electrons. The van der Waals surface area contributed by atoms with Gasteiger partial charge in [-0.2, -0.15) is 0 Å². The fraction of sp³-hybridized carbons (Fsp3) is 0.357. The van der Waals surface area contributed by atoms with Crippen molar-refractivity contribution in [2.24, 2.45) is 5.84 Å². The molecule has 0 saturated carbocycles. The van der Waals surface area contributed by atoms with Crippen LogP contribution >= 0.6 is 11.3 Å². The lowest BCUT2D eigenvalue weighted by atomic mass is 10.2. The summed E-state index contributed by atoms with van der Waals surface area (Å²) >= 11 is 1.79. The standard InChI is InChI=1S/C14H20N4S/c1-11(2)18(10-14-4-3-7-19-14)9-13-8-12(17-15)5-6-16-13/h3-8,11H,9-10,15H2,1-2H3,(H,16,17). The maximum absolute atomic E-state index is 5.43. The fourth-order valence-electron chi connectivity index (χ4n) is 1.89. The van der Waals surface area contributed by atoms with Gasteiger partial charge in [0.2, 0.25) is 0 Å². The molecule has 5 heteroatoms. The maximum Gasteiger partial charge on any atom is 0.0565 e. The van der Waals surface area contributed by atoms with Crippen LogP contribution in [0.15, 0.2) is 35.8 Å². The molecule has 0 atom stereocenters. The Kier molecular flexibility index (Phi) is 4.90. The van der Waals surface area contributed by atoms with Crippen LogP contribution in [-0.2, 0) is 13.1 Å². The summed E-state index contributed by atoms with van der Waals surface area (Å²) in [4.78, 5) is 8.18. The summed E-state index contributed by atoms with van der Waals surface area (Å²) in [5.74, 6) is 5.43. The summed E-state index contributed by atoms with van der Waals surface area (Å²) in [6.07, 6.45) is 1.79. The summed E-state index contributed by atoms with van der Waals surface area (Å²) in [7, 11) is 0. The van der Waals surface area contributed by atoms with E-state index in [9.17, 15) is 0 Å². The zero-order valence-electron chi connectivity index (χ0n) is 11.3. The second-order valence-electron chi connectivity index (χ2n) is 4.76. The zero-order valence-corrected chi connectivity index (χ0v) is 12.2. The lowest BCUT2D eigenvalue weighted by Gasteiger charge is -2.25. The minimum absolute atomic E-state index is 0.471. The van der Waals surface area contributed by atoms with Gasteiger partial charge in [0, 0.05) is 30.2 Å². The molecule has 0 saturated heterocycles. The molecule has 4 nitrogen and oxygen atoms in total. The molecule has 3 N–H and O–H groups in total. The summed E-state index contributed by atoms with van der Waals surface area (Å²) in [6.45, 7) is 6.19. The van der Waals surface area contributed by atoms with Crippen molar-refractivity contribution in [3.63, 3.8) is 0 Å². The molecule has 0 bridgehead atoms. The quantitative estimate of drug-likeness (QED) is 0.629. The number of pyridine rings is 1. The van der Waals surface area contributed by atoms with E-state index < -0.39 is 0 Å². The van der Waals surface area contributed by atoms with E-state index in [2.05, 4.69) is 46.7 Å². The summed E-state index contributed by atoms with van der Waals surface area (Å²) in [5.41, 5.74) is 4.58. The minimum atomic E-state index is 0.471. The average Bonchev–Trinajstić information content (AvgIpc) is 2.91. The van der Waals surface area contributed by atoms with Gasteiger partial charge in [-0.15, -0.1) is 11.3 Å². The van der Waals surface area contributed by atoms with Gasteiger partial charge in [-0.05, 0) is 37.4 Å². The lowest BCUT2D eigenvalue weighted by Crippen LogP contribution is -2.29. The summed E-state index contributed by atoms with van der Waals surface area (Å²) < 4.78 is 0. The predicted octanol–water partition coefficient (Wildman–Crippen LogP) is 2.84. The van der Waals surface area contributed by atoms with Crippen LogP contribution in [0.2, 0.25) is 0 Å². The molecule has 2 heterocycles. The largest absolute Gasteiger partial charge is 0.324 e. The SMILES string of the molecule is CC(C)N(Cc1cc(NN)ccn1)Cc1cccs1. The first kappa shape index (κ1) is 14.0. The van der Waals surface area contributed by atoms with Crippen LogP contribution in [0.5, 0.6) is 0 Å². The van der Waals surface area contributed by atoms with Gasteiger partial charge in [0.15, 0.2) is 0 Å². The van der Waals surface area contributed by atoms with Crippen LogP contribution < -0.4 is 11.3 Å². The highest BCUT2D eigenvalue weighted by molar-refractivity contribution is 7.09. The monoisotopic (exact) mass is 276 g/mol. The highest BCUT2D eigenvalue weighted by Gasteiger charge is 2.12. The molecule has 2 aromatic rings. The van der Waals surface area contributed by atoms with E-state index in [0.29, 0.717) is 6.04 Å². The normalized spacial score (nSPS) is 11.2. The van der Waals surface area contributed by atoms with Crippen LogP contribution in [0, 0.1) is 0 Å². The minimum Gasteiger partial charge on any atom is -0.324 e. The van der Waals surface area contributed by atoms with Gasteiger partial charge in [0.1, 0.15) is 0 Å². The van der Waals surface area contributed by atoms with Crippen molar-refractivity contribution in [2.45, 2.75) is 33.0 Å². The van der Waals surface area contributed by atoms with Crippen molar-refractivity contribution in [1.82, 2.24) is 9.88 Å². The zero-order chi connectivity index (χ0) is 13.7. The molecule has 0 aliphatic rings. The van der Waals surface area contributed by atoms with E-state index in [1.54, 1.807) is 17.5 Å². The molecule has 0 aliphatic carbocycles. The van der Waals surface area contributed by atoms with Crippen molar-refractivity contribution >= 4 is 17.0 Å². The Morgan fingerprint density at radius 3 is 2.84 bits per heavy atom. The third kappa shape index (κ3) is 4.02. The first-order valence-corrected chi connectivity index (χ1v) is 7.25. The van der Waals surface area contributed by atoms with E-state index in [-0.39, 0.29) is 0 Å². The van der Waals surface area contributed by atoms with Crippen LogP contribution in [0.3, 0.4) is 0 Å². The Morgan fingerprint density at radius 2 is 2.21 bits per heavy atom. The number of nitrogens with one attached hydrogen (secondary N) is 1. The van der Waals surface area contributed by atoms with Gasteiger partial charge < -0.3 is 5.43 Å². The first-order chi connectivity index (χ1) is 9.19. The van der Waals surface area contributed by atoms with E-state index in [0.717, 1.165) is 24.5 Å². The van der Waals surface area contributed by atoms with Crippen molar-refractivity contribution < 1.29 is 0 Å². The molecule has 0 unspecified atom stereocenters. The van der Waals surface area contributed by atoms with Gasteiger partial charge in [0.25, 0.3) is 0 Å². The molecule has 0 spiro atoms. The predicted molar refractivity (Wildman–Crippen MR) is 80.7 cm³/mol. The summed E-state index contributed by atoms with van der Waals surface area (Å²) in [6, 6.07) is 8.59. The fourth-order valence-corrected chi connectivity index (χ4v) is 2.62. The van der Waals surface area contributed by atoms with Crippen LogP contribution in [0.25, 0.3) is 0 Å². The van der Waals surface area contributed by atoms with E-state index in [1.165, 1.54) is 4.88 Å². The van der Waals surface area contributed by atoms with Crippen LogP contribution in [0.1, 0.15) is 24.4 Å². The Labute approximate surface area is 118 Å². The second-order valence-corrected chi connectivity index (χ2v) is 5.79. The lowest BCUT2D eigenvalue weighted by molar-refractivity contribution is 0.203. The van der Waals surface area contributed by atoms with Gasteiger partial charge in [0.05, 0.1) is 11.4 Å². The molecule has 0 amide bonds. The number of aromatic nitrogens is 1. The van der Waals surface area contributed by atoms with E-state index in [1.807, 2.05) is 12.1 Å². The van der Waals surface area contributed by atoms with Crippen LogP contribution in [-0.4, -0.2) is 15.9 Å². The van der Waals surface area contributed by atoms with Gasteiger partial charge in [-0.3, -0.25) is 15.7 Å². The average molecular weight is 276 g/mol. The van der Waals surface area contributed by atoms with Crippen molar-refractivity contribution in [3.8, 4) is 0 Å². The second kappa shape index (κ2) is 6.65. The summed E-state index contributed by atoms with van der Waals surface area (Å²) in [5, 5.41) is 2.12. The molecule has 102 valence electrons. The number of thiophene rings is 1. The van der Waals surface area contributed by atoms with Crippen molar-refractivity contribution in [1.29, 1.82) is 0 Å². The third-order valence-electron chi connectivity index (χ3n) is 3.02. The number of nitrogens with zero attached hydrogens (tertiary/aromatic N) is 2. The first-order valence-electron chi connectivity index (χ1n) is 6.37. The third-order valence-corrected chi connectivity index (χ3v) is 3.88. The Bertz CT molecular complexity index is 496. The number of hydrogen-bond acceptors (Lipinski definition) is 5. The van der Waals surface area contributed by atoms with Gasteiger partial charge in [-0.1, -0.05) is 6.07 Å². The molecular formula is C14H20N4S. The molecule has 2 aromatic heterocycles. The molecule has 19 heavy (non-hydrogen) atoms. The number of rotatable bonds is 6. The Balaban J connectivity index is 2.07. The van der Waals surface area contributed by atoms with Gasteiger partial charge in [-0.25, -0.2) is 0 Å². The highest BCUT2D eigenvalue weighted by atomic mass is 32.1. The van der Waals surface area contributed by atoms with E-state index >= 15 is 0 Å².